The van der Waals surface area contributed by atoms with Crippen molar-refractivity contribution < 1.29 is 32.3 Å². The predicted octanol–water partition coefficient (Wildman–Crippen LogP) is 3.37. The molecule has 2 N–H and O–H groups in total. The van der Waals surface area contributed by atoms with E-state index in [1.807, 2.05) is 12.1 Å². The van der Waals surface area contributed by atoms with Gasteiger partial charge in [-0.3, -0.25) is 24.2 Å². The van der Waals surface area contributed by atoms with Crippen LogP contribution in [0.4, 0.5) is 29.5 Å². The number of benzene rings is 2. The zero-order valence-corrected chi connectivity index (χ0v) is 22.1. The highest BCUT2D eigenvalue weighted by molar-refractivity contribution is 6.10. The number of hydrogen-bond donors (Lipinski definition) is 2. The molecular formula is C30H24F3N5O4. The van der Waals surface area contributed by atoms with Crippen molar-refractivity contribution in [3.63, 3.8) is 0 Å². The maximum atomic E-state index is 13.4. The zero-order valence-electron chi connectivity index (χ0n) is 22.1. The number of hydrogen-bond acceptors (Lipinski definition) is 5. The summed E-state index contributed by atoms with van der Waals surface area (Å²) < 4.78 is 40.0. The summed E-state index contributed by atoms with van der Waals surface area (Å²) >= 11 is 0. The molecule has 7 rings (SSSR count). The number of halogens is 3. The summed E-state index contributed by atoms with van der Waals surface area (Å²) in [5.41, 5.74) is 2.15. The van der Waals surface area contributed by atoms with E-state index in [0.29, 0.717) is 24.3 Å². The van der Waals surface area contributed by atoms with Crippen LogP contribution in [-0.2, 0) is 45.5 Å². The topological polar surface area (TPSA) is 112 Å². The Morgan fingerprint density at radius 2 is 1.62 bits per heavy atom. The highest BCUT2D eigenvalue weighted by Gasteiger charge is 2.61. The van der Waals surface area contributed by atoms with E-state index in [1.165, 1.54) is 0 Å². The average molecular weight is 576 g/mol. The molecule has 9 nitrogen and oxygen atoms in total. The van der Waals surface area contributed by atoms with E-state index in [0.717, 1.165) is 32.7 Å². The fraction of sp³-hybridized carbons (Fsp3) is 0.300. The number of anilines is 2. The molecule has 0 radical (unpaired) electrons. The molecule has 3 aromatic rings. The van der Waals surface area contributed by atoms with Crippen LogP contribution in [0.25, 0.3) is 0 Å². The lowest BCUT2D eigenvalue weighted by atomic mass is 9.79. The SMILES string of the molecule is O=C(CN1C(=O)N(CC(F)(F)F)C(=O)C12Cc1ccccc1C2)Nc1ccc2c(c1)C[C@@]1(C2)C(=O)Nc2ncccc21. The van der Waals surface area contributed by atoms with Gasteiger partial charge in [0.2, 0.25) is 11.8 Å². The van der Waals surface area contributed by atoms with Gasteiger partial charge in [0.25, 0.3) is 5.91 Å². The molecule has 4 aliphatic rings. The van der Waals surface area contributed by atoms with Gasteiger partial charge in [-0.2, -0.15) is 13.2 Å². The first-order valence-corrected chi connectivity index (χ1v) is 13.4. The Bertz CT molecular complexity index is 1680. The molecule has 214 valence electrons. The fourth-order valence-corrected chi connectivity index (χ4v) is 6.95. The number of nitrogens with zero attached hydrogens (tertiary/aromatic N) is 3. The quantitative estimate of drug-likeness (QED) is 0.464. The van der Waals surface area contributed by atoms with Crippen LogP contribution in [-0.4, -0.2) is 63.3 Å². The van der Waals surface area contributed by atoms with Gasteiger partial charge in [-0.05, 0) is 53.3 Å². The van der Waals surface area contributed by atoms with Crippen LogP contribution in [0.3, 0.4) is 0 Å². The van der Waals surface area contributed by atoms with E-state index in [9.17, 15) is 32.3 Å². The van der Waals surface area contributed by atoms with E-state index < -0.39 is 48.1 Å². The van der Waals surface area contributed by atoms with Crippen LogP contribution in [0.15, 0.2) is 60.8 Å². The molecule has 1 saturated heterocycles. The van der Waals surface area contributed by atoms with Gasteiger partial charge in [-0.15, -0.1) is 0 Å². The number of nitrogens with one attached hydrogen (secondary N) is 2. The Hall–Kier alpha value is -4.74. The summed E-state index contributed by atoms with van der Waals surface area (Å²) in [6, 6.07) is 14.8. The van der Waals surface area contributed by atoms with E-state index in [1.54, 1.807) is 48.7 Å². The van der Waals surface area contributed by atoms with Crippen molar-refractivity contribution in [3.8, 4) is 0 Å². The Kier molecular flexibility index (Phi) is 5.53. The van der Waals surface area contributed by atoms with Crippen molar-refractivity contribution in [1.29, 1.82) is 0 Å². The minimum atomic E-state index is -4.79. The van der Waals surface area contributed by atoms with Crippen molar-refractivity contribution in [1.82, 2.24) is 14.8 Å². The second-order valence-corrected chi connectivity index (χ2v) is 11.4. The number of amides is 5. The molecule has 3 heterocycles. The molecule has 5 amide bonds. The maximum Gasteiger partial charge on any atom is 0.406 e. The molecule has 12 heteroatoms. The number of imide groups is 1. The Morgan fingerprint density at radius 3 is 2.33 bits per heavy atom. The lowest BCUT2D eigenvalue weighted by molar-refractivity contribution is -0.155. The smallest absolute Gasteiger partial charge is 0.325 e. The van der Waals surface area contributed by atoms with Gasteiger partial charge in [0.1, 0.15) is 24.4 Å². The second kappa shape index (κ2) is 8.88. The zero-order chi connectivity index (χ0) is 29.4. The van der Waals surface area contributed by atoms with Gasteiger partial charge in [-0.1, -0.05) is 36.4 Å². The highest BCUT2D eigenvalue weighted by atomic mass is 19.4. The standard InChI is InChI=1S/C30H24F3N5O4/c31-30(32,33)16-37-26(41)29(13-17-4-1-2-5-18(17)14-29)38(27(37)42)15-23(39)35-21-8-7-19-11-28(12-20(19)10-21)22-6-3-9-34-24(22)36-25(28)40/h1-10H,11-16H2,(H,35,39)(H,34,36,40)/t28-/m1/s1. The van der Waals surface area contributed by atoms with E-state index in [-0.39, 0.29) is 23.6 Å². The van der Waals surface area contributed by atoms with Gasteiger partial charge in [-0.25, -0.2) is 9.78 Å². The van der Waals surface area contributed by atoms with Gasteiger partial charge in [0, 0.05) is 30.3 Å². The van der Waals surface area contributed by atoms with E-state index >= 15 is 0 Å². The normalized spacial score (nSPS) is 21.6. The largest absolute Gasteiger partial charge is 0.406 e. The second-order valence-electron chi connectivity index (χ2n) is 11.4. The number of carbonyl (C=O) groups is 4. The van der Waals surface area contributed by atoms with Gasteiger partial charge in [0.05, 0.1) is 5.41 Å². The molecule has 2 aromatic carbocycles. The van der Waals surface area contributed by atoms with Crippen molar-refractivity contribution in [3.05, 3.63) is 88.6 Å². The van der Waals surface area contributed by atoms with Crippen LogP contribution in [0.2, 0.25) is 0 Å². The lowest BCUT2D eigenvalue weighted by Crippen LogP contribution is -2.53. The molecule has 0 saturated carbocycles. The van der Waals surface area contributed by atoms with Crippen LogP contribution in [0, 0.1) is 0 Å². The lowest BCUT2D eigenvalue weighted by Gasteiger charge is -2.30. The van der Waals surface area contributed by atoms with E-state index in [2.05, 4.69) is 15.6 Å². The van der Waals surface area contributed by atoms with Crippen molar-refractivity contribution in [2.75, 3.05) is 23.7 Å². The van der Waals surface area contributed by atoms with Crippen LogP contribution < -0.4 is 10.6 Å². The first-order valence-electron chi connectivity index (χ1n) is 13.4. The Balaban J connectivity index is 1.13. The van der Waals surface area contributed by atoms with Crippen LogP contribution in [0.5, 0.6) is 0 Å². The summed E-state index contributed by atoms with van der Waals surface area (Å²) in [7, 11) is 0. The highest BCUT2D eigenvalue weighted by Crippen LogP contribution is 2.47. The number of alkyl halides is 3. The van der Waals surface area contributed by atoms with Crippen LogP contribution in [0.1, 0.15) is 27.8 Å². The number of rotatable bonds is 4. The predicted molar refractivity (Wildman–Crippen MR) is 143 cm³/mol. The summed E-state index contributed by atoms with van der Waals surface area (Å²) in [6.07, 6.45) is -2.25. The number of pyridine rings is 1. The summed E-state index contributed by atoms with van der Waals surface area (Å²) in [5.74, 6) is -1.21. The molecular weight excluding hydrogens is 551 g/mol. The molecule has 1 fully saturated rings. The third kappa shape index (κ3) is 3.88. The van der Waals surface area contributed by atoms with E-state index in [4.69, 9.17) is 0 Å². The van der Waals surface area contributed by atoms with Crippen molar-refractivity contribution >= 4 is 35.3 Å². The van der Waals surface area contributed by atoms with Gasteiger partial charge in [0.15, 0.2) is 0 Å². The van der Waals surface area contributed by atoms with Crippen molar-refractivity contribution in [2.45, 2.75) is 42.8 Å². The monoisotopic (exact) mass is 575 g/mol. The minimum Gasteiger partial charge on any atom is -0.325 e. The summed E-state index contributed by atoms with van der Waals surface area (Å²) in [6.45, 7) is -2.32. The fourth-order valence-electron chi connectivity index (χ4n) is 6.95. The summed E-state index contributed by atoms with van der Waals surface area (Å²) in [4.78, 5) is 58.3. The number of carbonyl (C=O) groups excluding carboxylic acids is 4. The first kappa shape index (κ1) is 26.2. The molecule has 2 aliphatic carbocycles. The number of aromatic nitrogens is 1. The first-order chi connectivity index (χ1) is 20.0. The molecule has 0 bridgehead atoms. The third-order valence-electron chi connectivity index (χ3n) is 8.81. The maximum absolute atomic E-state index is 13.4. The number of urea groups is 1. The average Bonchev–Trinajstić information content (AvgIpc) is 3.64. The molecule has 0 unspecified atom stereocenters. The molecule has 1 atom stereocenters. The molecule has 2 aliphatic heterocycles. The van der Waals surface area contributed by atoms with Crippen molar-refractivity contribution in [2.24, 2.45) is 0 Å². The van der Waals surface area contributed by atoms with Gasteiger partial charge >= 0.3 is 12.2 Å². The molecule has 42 heavy (non-hydrogen) atoms. The molecule has 1 aromatic heterocycles. The van der Waals surface area contributed by atoms with Gasteiger partial charge < -0.3 is 10.6 Å². The third-order valence-corrected chi connectivity index (χ3v) is 8.81. The summed E-state index contributed by atoms with van der Waals surface area (Å²) in [5, 5.41) is 5.58. The minimum absolute atomic E-state index is 0.0225. The number of fused-ring (bicyclic) bond motifs is 4. The molecule has 2 spiro atoms. The van der Waals surface area contributed by atoms with Crippen LogP contribution >= 0.6 is 0 Å². The Morgan fingerprint density at radius 1 is 0.929 bits per heavy atom. The Labute approximate surface area is 237 Å².